The highest BCUT2D eigenvalue weighted by Crippen LogP contribution is 2.08. The van der Waals surface area contributed by atoms with Crippen LogP contribution in [0.1, 0.15) is 10.4 Å². The number of ether oxygens (including phenoxy) is 1. The van der Waals surface area contributed by atoms with E-state index in [-0.39, 0.29) is 18.1 Å². The summed E-state index contributed by atoms with van der Waals surface area (Å²) in [6.45, 7) is 3.48. The summed E-state index contributed by atoms with van der Waals surface area (Å²) in [5.41, 5.74) is 0.474. The third-order valence-corrected chi connectivity index (χ3v) is 2.12. The molecule has 8 nitrogen and oxygen atoms in total. The zero-order chi connectivity index (χ0) is 13.8. The Hall–Kier alpha value is -2.90. The molecule has 8 heteroatoms. The minimum Gasteiger partial charge on any atom is -0.478 e. The van der Waals surface area contributed by atoms with Crippen LogP contribution in [0.5, 0.6) is 0 Å². The molecule has 0 saturated heterocycles. The van der Waals surface area contributed by atoms with Crippen LogP contribution in [0.2, 0.25) is 0 Å². The molecular weight excluding hydrogens is 252 g/mol. The number of rotatable bonds is 4. The molecule has 0 atom stereocenters. The van der Waals surface area contributed by atoms with Crippen LogP contribution in [0.25, 0.3) is 5.65 Å². The van der Waals surface area contributed by atoms with E-state index < -0.39 is 12.1 Å². The first-order valence-corrected chi connectivity index (χ1v) is 5.24. The molecule has 0 aliphatic rings. The topological polar surface area (TPSA) is 106 Å². The Morgan fingerprint density at radius 1 is 1.53 bits per heavy atom. The molecule has 2 aromatic rings. The van der Waals surface area contributed by atoms with E-state index in [9.17, 15) is 9.59 Å². The van der Waals surface area contributed by atoms with Crippen LogP contribution in [-0.4, -0.2) is 38.4 Å². The summed E-state index contributed by atoms with van der Waals surface area (Å²) in [6.07, 6.45) is 2.01. The fraction of sp³-hybridized carbons (Fsp3) is 0.0909. The number of hydrogen-bond donors (Lipinski definition) is 2. The van der Waals surface area contributed by atoms with Gasteiger partial charge < -0.3 is 9.84 Å². The van der Waals surface area contributed by atoms with Crippen molar-refractivity contribution in [2.45, 2.75) is 0 Å². The molecule has 1 amide bonds. The maximum atomic E-state index is 11.3. The Morgan fingerprint density at radius 3 is 3.00 bits per heavy atom. The number of nitrogens with one attached hydrogen (secondary N) is 1. The SMILES string of the molecule is C=CCOC(=O)Nc1nc2ccc(C(=O)O)cn2n1. The molecule has 0 aromatic carbocycles. The van der Waals surface area contributed by atoms with Crippen LogP contribution < -0.4 is 5.32 Å². The molecule has 0 fully saturated rings. The average molecular weight is 262 g/mol. The van der Waals surface area contributed by atoms with E-state index in [1.165, 1.54) is 28.9 Å². The van der Waals surface area contributed by atoms with Crippen LogP contribution >= 0.6 is 0 Å². The number of anilines is 1. The summed E-state index contributed by atoms with van der Waals surface area (Å²) in [7, 11) is 0. The van der Waals surface area contributed by atoms with Crippen LogP contribution in [0, 0.1) is 0 Å². The fourth-order valence-corrected chi connectivity index (χ4v) is 1.32. The second-order valence-corrected chi connectivity index (χ2v) is 3.47. The molecule has 0 saturated carbocycles. The highest BCUT2D eigenvalue weighted by molar-refractivity contribution is 5.87. The first-order valence-electron chi connectivity index (χ1n) is 5.24. The molecule has 2 rings (SSSR count). The van der Waals surface area contributed by atoms with E-state index in [1.54, 1.807) is 0 Å². The Bertz CT molecular complexity index is 649. The van der Waals surface area contributed by atoms with E-state index in [2.05, 4.69) is 22.0 Å². The molecule has 0 aliphatic heterocycles. The number of nitrogens with zero attached hydrogens (tertiary/aromatic N) is 3. The van der Waals surface area contributed by atoms with Crippen molar-refractivity contribution in [2.75, 3.05) is 11.9 Å². The number of aromatic carboxylic acids is 1. The summed E-state index contributed by atoms with van der Waals surface area (Å²) < 4.78 is 5.96. The van der Waals surface area contributed by atoms with Gasteiger partial charge in [0.25, 0.3) is 5.95 Å². The highest BCUT2D eigenvalue weighted by Gasteiger charge is 2.10. The quantitative estimate of drug-likeness (QED) is 0.801. The zero-order valence-electron chi connectivity index (χ0n) is 9.74. The standard InChI is InChI=1S/C11H10N4O4/c1-2-5-19-11(18)13-10-12-8-4-3-7(9(16)17)6-15(8)14-10/h2-4,6H,1,5H2,(H,16,17)(H,13,14,18). The van der Waals surface area contributed by atoms with Gasteiger partial charge in [0.2, 0.25) is 0 Å². The summed E-state index contributed by atoms with van der Waals surface area (Å²) in [5, 5.41) is 15.1. The van der Waals surface area contributed by atoms with Crippen LogP contribution in [0.4, 0.5) is 10.7 Å². The third kappa shape index (κ3) is 2.86. The van der Waals surface area contributed by atoms with Gasteiger partial charge in [-0.3, -0.25) is 5.32 Å². The molecule has 0 aliphatic carbocycles. The molecule has 19 heavy (non-hydrogen) atoms. The van der Waals surface area contributed by atoms with E-state index >= 15 is 0 Å². The fourth-order valence-electron chi connectivity index (χ4n) is 1.32. The summed E-state index contributed by atoms with van der Waals surface area (Å²) >= 11 is 0. The predicted octanol–water partition coefficient (Wildman–Crippen LogP) is 1.16. The number of amides is 1. The maximum Gasteiger partial charge on any atom is 0.414 e. The number of aromatic nitrogens is 3. The van der Waals surface area contributed by atoms with E-state index in [0.717, 1.165) is 0 Å². The first kappa shape index (κ1) is 12.6. The average Bonchev–Trinajstić information content (AvgIpc) is 2.77. The molecule has 2 heterocycles. The molecule has 0 unspecified atom stereocenters. The van der Waals surface area contributed by atoms with Gasteiger partial charge in [0, 0.05) is 6.20 Å². The molecule has 0 spiro atoms. The minimum absolute atomic E-state index is 0.0246. The van der Waals surface area contributed by atoms with Crippen molar-refractivity contribution in [3.63, 3.8) is 0 Å². The van der Waals surface area contributed by atoms with Gasteiger partial charge in [-0.2, -0.15) is 4.98 Å². The van der Waals surface area contributed by atoms with Crippen LogP contribution in [0.15, 0.2) is 31.0 Å². The van der Waals surface area contributed by atoms with Gasteiger partial charge in [0.15, 0.2) is 5.65 Å². The van der Waals surface area contributed by atoms with Crippen LogP contribution in [-0.2, 0) is 4.74 Å². The largest absolute Gasteiger partial charge is 0.478 e. The van der Waals surface area contributed by atoms with Gasteiger partial charge in [-0.15, -0.1) is 5.10 Å². The lowest BCUT2D eigenvalue weighted by Gasteiger charge is -1.99. The molecule has 0 radical (unpaired) electrons. The Kier molecular flexibility index (Phi) is 3.42. The Labute approximate surface area is 107 Å². The number of pyridine rings is 1. The molecular formula is C11H10N4O4. The minimum atomic E-state index is -1.07. The van der Waals surface area contributed by atoms with Gasteiger partial charge in [0.1, 0.15) is 6.61 Å². The smallest absolute Gasteiger partial charge is 0.414 e. The predicted molar refractivity (Wildman–Crippen MR) is 65.1 cm³/mol. The Balaban J connectivity index is 2.19. The van der Waals surface area contributed by atoms with Gasteiger partial charge >= 0.3 is 12.1 Å². The number of carboxylic acids is 1. The molecule has 98 valence electrons. The van der Waals surface area contributed by atoms with E-state index in [0.29, 0.717) is 5.65 Å². The number of carbonyl (C=O) groups excluding carboxylic acids is 1. The lowest BCUT2D eigenvalue weighted by Crippen LogP contribution is -2.14. The van der Waals surface area contributed by atoms with Crippen molar-refractivity contribution in [2.24, 2.45) is 0 Å². The molecule has 2 aromatic heterocycles. The number of carbonyl (C=O) groups is 2. The van der Waals surface area contributed by atoms with Gasteiger partial charge in [-0.25, -0.2) is 14.1 Å². The number of fused-ring (bicyclic) bond motifs is 1. The second-order valence-electron chi connectivity index (χ2n) is 3.47. The summed E-state index contributed by atoms with van der Waals surface area (Å²) in [6, 6.07) is 2.88. The lowest BCUT2D eigenvalue weighted by molar-refractivity contribution is 0.0696. The monoisotopic (exact) mass is 262 g/mol. The summed E-state index contributed by atoms with van der Waals surface area (Å²) in [5.74, 6) is -1.05. The Morgan fingerprint density at radius 2 is 2.32 bits per heavy atom. The lowest BCUT2D eigenvalue weighted by atomic mass is 10.3. The van der Waals surface area contributed by atoms with Crippen molar-refractivity contribution in [1.82, 2.24) is 14.6 Å². The van der Waals surface area contributed by atoms with Crippen LogP contribution in [0.3, 0.4) is 0 Å². The van der Waals surface area contributed by atoms with E-state index in [1.807, 2.05) is 0 Å². The van der Waals surface area contributed by atoms with Crippen molar-refractivity contribution >= 4 is 23.7 Å². The van der Waals surface area contributed by atoms with Crippen molar-refractivity contribution in [3.8, 4) is 0 Å². The van der Waals surface area contributed by atoms with Crippen molar-refractivity contribution in [3.05, 3.63) is 36.5 Å². The third-order valence-electron chi connectivity index (χ3n) is 2.12. The number of hydrogen-bond acceptors (Lipinski definition) is 5. The normalized spacial score (nSPS) is 10.1. The molecule has 2 N–H and O–H groups in total. The van der Waals surface area contributed by atoms with E-state index in [4.69, 9.17) is 9.84 Å². The van der Waals surface area contributed by atoms with Crippen molar-refractivity contribution < 1.29 is 19.4 Å². The zero-order valence-corrected chi connectivity index (χ0v) is 9.74. The van der Waals surface area contributed by atoms with Crippen molar-refractivity contribution in [1.29, 1.82) is 0 Å². The summed E-state index contributed by atoms with van der Waals surface area (Å²) in [4.78, 5) is 26.0. The highest BCUT2D eigenvalue weighted by atomic mass is 16.5. The first-order chi connectivity index (χ1) is 9.10. The molecule has 0 bridgehead atoms. The van der Waals surface area contributed by atoms with Gasteiger partial charge in [-0.05, 0) is 12.1 Å². The maximum absolute atomic E-state index is 11.3. The van der Waals surface area contributed by atoms with Gasteiger partial charge in [-0.1, -0.05) is 12.7 Å². The second kappa shape index (κ2) is 5.17. The number of carboxylic acid groups (broad SMARTS) is 1. The van der Waals surface area contributed by atoms with Gasteiger partial charge in [0.05, 0.1) is 5.56 Å².